The predicted octanol–water partition coefficient (Wildman–Crippen LogP) is 2.20. The fourth-order valence-electron chi connectivity index (χ4n) is 5.04. The average molecular weight is 398 g/mol. The Labute approximate surface area is 172 Å². The van der Waals surface area contributed by atoms with E-state index in [-0.39, 0.29) is 42.5 Å². The van der Waals surface area contributed by atoms with Crippen molar-refractivity contribution in [3.8, 4) is 0 Å². The summed E-state index contributed by atoms with van der Waals surface area (Å²) in [6.07, 6.45) is 3.94. The number of hydrogen-bond donors (Lipinski definition) is 0. The molecule has 1 aromatic carbocycles. The van der Waals surface area contributed by atoms with Crippen LogP contribution in [-0.4, -0.2) is 65.1 Å². The topological polar surface area (TPSA) is 60.9 Å². The highest BCUT2D eigenvalue weighted by atomic mass is 16.2. The molecule has 2 atom stereocenters. The van der Waals surface area contributed by atoms with E-state index >= 15 is 0 Å². The first-order chi connectivity index (χ1) is 14.0. The Morgan fingerprint density at radius 1 is 1.00 bits per heavy atom. The second-order valence-corrected chi connectivity index (χ2v) is 8.72. The second-order valence-electron chi connectivity index (χ2n) is 8.72. The quantitative estimate of drug-likeness (QED) is 0.715. The van der Waals surface area contributed by atoms with Gasteiger partial charge in [-0.1, -0.05) is 42.7 Å². The monoisotopic (exact) mass is 397 g/mol. The number of rotatable bonds is 5. The lowest BCUT2D eigenvalue weighted by Crippen LogP contribution is -2.49. The highest BCUT2D eigenvalue weighted by Crippen LogP contribution is 2.38. The number of carbonyl (C=O) groups excluding carboxylic acids is 3. The Morgan fingerprint density at radius 2 is 1.66 bits per heavy atom. The van der Waals surface area contributed by atoms with Gasteiger partial charge in [-0.15, -0.1) is 0 Å². The Kier molecular flexibility index (Phi) is 5.99. The third-order valence-electron chi connectivity index (χ3n) is 6.70. The van der Waals surface area contributed by atoms with E-state index in [1.54, 1.807) is 0 Å². The maximum Gasteiger partial charge on any atom is 0.233 e. The molecule has 1 aliphatic carbocycles. The summed E-state index contributed by atoms with van der Waals surface area (Å²) in [6.45, 7) is 6.37. The molecule has 1 aromatic rings. The minimum atomic E-state index is -0.128. The lowest BCUT2D eigenvalue weighted by Gasteiger charge is -2.35. The lowest BCUT2D eigenvalue weighted by molar-refractivity contribution is -0.141. The van der Waals surface area contributed by atoms with Crippen LogP contribution in [-0.2, 0) is 20.9 Å². The number of likely N-dealkylation sites (tertiary alicyclic amines) is 1. The number of carbonyl (C=O) groups is 3. The molecule has 3 fully saturated rings. The predicted molar refractivity (Wildman–Crippen MR) is 110 cm³/mol. The first-order valence-corrected chi connectivity index (χ1v) is 10.9. The van der Waals surface area contributed by atoms with Crippen LogP contribution in [0.25, 0.3) is 0 Å². The van der Waals surface area contributed by atoms with Crippen molar-refractivity contribution in [3.05, 3.63) is 35.4 Å². The number of imide groups is 1. The summed E-state index contributed by atoms with van der Waals surface area (Å²) in [5.41, 5.74) is 2.57. The Balaban J connectivity index is 1.24. The number of aryl methyl sites for hydroxylation is 1. The summed E-state index contributed by atoms with van der Waals surface area (Å²) in [4.78, 5) is 43.4. The lowest BCUT2D eigenvalue weighted by atomic mass is 9.81. The molecule has 4 rings (SSSR count). The number of hydrogen-bond acceptors (Lipinski definition) is 4. The molecular weight excluding hydrogens is 366 g/mol. The molecule has 156 valence electrons. The van der Waals surface area contributed by atoms with Crippen molar-refractivity contribution >= 4 is 17.7 Å². The molecule has 3 aliphatic rings. The molecule has 1 saturated carbocycles. The minimum Gasteiger partial charge on any atom is -0.340 e. The molecular formula is C23H31N3O3. The standard InChI is InChI=1S/C23H31N3O3/c1-17-5-4-6-18(15-17)16-24-11-13-25(14-12-24)21(27)9-10-26-22(28)19-7-2-3-8-20(19)23(26)29/h4-6,15,19-20H,2-3,7-14,16H2,1H3/t19-,20-/m1/s1. The largest absolute Gasteiger partial charge is 0.340 e. The Morgan fingerprint density at radius 3 is 2.28 bits per heavy atom. The van der Waals surface area contributed by atoms with Crippen LogP contribution in [0.4, 0.5) is 0 Å². The summed E-state index contributed by atoms with van der Waals surface area (Å²) in [6, 6.07) is 8.54. The SMILES string of the molecule is Cc1cccc(CN2CCN(C(=O)CCN3C(=O)[C@@H]4CCCC[C@H]4C3=O)CC2)c1. The van der Waals surface area contributed by atoms with E-state index in [4.69, 9.17) is 0 Å². The van der Waals surface area contributed by atoms with Gasteiger partial charge in [0.15, 0.2) is 0 Å². The molecule has 0 N–H and O–H groups in total. The van der Waals surface area contributed by atoms with Gasteiger partial charge < -0.3 is 4.90 Å². The van der Waals surface area contributed by atoms with Gasteiger partial charge >= 0.3 is 0 Å². The van der Waals surface area contributed by atoms with Crippen LogP contribution in [0.1, 0.15) is 43.2 Å². The van der Waals surface area contributed by atoms with Gasteiger partial charge in [0.25, 0.3) is 0 Å². The van der Waals surface area contributed by atoms with Gasteiger partial charge in [0, 0.05) is 45.7 Å². The molecule has 0 unspecified atom stereocenters. The number of benzene rings is 1. The summed E-state index contributed by atoms with van der Waals surface area (Å²) in [5.74, 6) is -0.297. The zero-order valence-electron chi connectivity index (χ0n) is 17.3. The molecule has 2 aliphatic heterocycles. The highest BCUT2D eigenvalue weighted by molar-refractivity contribution is 6.05. The average Bonchev–Trinajstić information content (AvgIpc) is 2.97. The maximum absolute atomic E-state index is 12.7. The summed E-state index contributed by atoms with van der Waals surface area (Å²) in [7, 11) is 0. The maximum atomic E-state index is 12.7. The highest BCUT2D eigenvalue weighted by Gasteiger charge is 2.47. The van der Waals surface area contributed by atoms with E-state index in [2.05, 4.69) is 36.1 Å². The molecule has 3 amide bonds. The molecule has 2 heterocycles. The molecule has 6 heteroatoms. The number of amides is 3. The third-order valence-corrected chi connectivity index (χ3v) is 6.70. The smallest absolute Gasteiger partial charge is 0.233 e. The van der Waals surface area contributed by atoms with Crippen molar-refractivity contribution in [2.75, 3.05) is 32.7 Å². The summed E-state index contributed by atoms with van der Waals surface area (Å²) < 4.78 is 0. The molecule has 2 saturated heterocycles. The van der Waals surface area contributed by atoms with E-state index in [9.17, 15) is 14.4 Å². The van der Waals surface area contributed by atoms with E-state index in [1.165, 1.54) is 16.0 Å². The van der Waals surface area contributed by atoms with Gasteiger partial charge in [-0.3, -0.25) is 24.2 Å². The van der Waals surface area contributed by atoms with E-state index < -0.39 is 0 Å². The van der Waals surface area contributed by atoms with Crippen molar-refractivity contribution in [2.24, 2.45) is 11.8 Å². The minimum absolute atomic E-state index is 0.0459. The van der Waals surface area contributed by atoms with Crippen LogP contribution in [0.3, 0.4) is 0 Å². The zero-order valence-corrected chi connectivity index (χ0v) is 17.3. The van der Waals surface area contributed by atoms with Crippen LogP contribution < -0.4 is 0 Å². The molecule has 0 radical (unpaired) electrons. The van der Waals surface area contributed by atoms with Crippen molar-refractivity contribution in [1.29, 1.82) is 0 Å². The first-order valence-electron chi connectivity index (χ1n) is 10.9. The molecule has 0 spiro atoms. The number of fused-ring (bicyclic) bond motifs is 1. The van der Waals surface area contributed by atoms with Crippen LogP contribution >= 0.6 is 0 Å². The zero-order chi connectivity index (χ0) is 20.4. The van der Waals surface area contributed by atoms with Gasteiger partial charge in [-0.2, -0.15) is 0 Å². The van der Waals surface area contributed by atoms with Crippen molar-refractivity contribution in [1.82, 2.24) is 14.7 Å². The van der Waals surface area contributed by atoms with E-state index in [0.717, 1.165) is 45.3 Å². The summed E-state index contributed by atoms with van der Waals surface area (Å²) >= 11 is 0. The Bertz CT molecular complexity index is 761. The van der Waals surface area contributed by atoms with Crippen LogP contribution in [0.2, 0.25) is 0 Å². The summed E-state index contributed by atoms with van der Waals surface area (Å²) in [5, 5.41) is 0. The van der Waals surface area contributed by atoms with E-state index in [0.29, 0.717) is 13.1 Å². The van der Waals surface area contributed by atoms with Crippen molar-refractivity contribution in [2.45, 2.75) is 45.6 Å². The molecule has 6 nitrogen and oxygen atoms in total. The first kappa shape index (κ1) is 20.1. The molecule has 0 aromatic heterocycles. The Hall–Kier alpha value is -2.21. The van der Waals surface area contributed by atoms with Crippen LogP contribution in [0, 0.1) is 18.8 Å². The van der Waals surface area contributed by atoms with Gasteiger partial charge in [-0.05, 0) is 25.3 Å². The second kappa shape index (κ2) is 8.66. The van der Waals surface area contributed by atoms with Gasteiger partial charge in [0.2, 0.25) is 17.7 Å². The van der Waals surface area contributed by atoms with Gasteiger partial charge in [0.05, 0.1) is 11.8 Å². The fraction of sp³-hybridized carbons (Fsp3) is 0.609. The van der Waals surface area contributed by atoms with Crippen molar-refractivity contribution < 1.29 is 14.4 Å². The van der Waals surface area contributed by atoms with E-state index in [1.807, 2.05) is 4.90 Å². The van der Waals surface area contributed by atoms with Gasteiger partial charge in [0.1, 0.15) is 0 Å². The van der Waals surface area contributed by atoms with Crippen molar-refractivity contribution in [3.63, 3.8) is 0 Å². The number of nitrogens with zero attached hydrogens (tertiary/aromatic N) is 3. The number of piperazine rings is 1. The molecule has 29 heavy (non-hydrogen) atoms. The molecule has 0 bridgehead atoms. The fourth-order valence-corrected chi connectivity index (χ4v) is 5.04. The normalized spacial score (nSPS) is 25.4. The third kappa shape index (κ3) is 4.37. The van der Waals surface area contributed by atoms with Crippen LogP contribution in [0.5, 0.6) is 0 Å². The van der Waals surface area contributed by atoms with Crippen LogP contribution in [0.15, 0.2) is 24.3 Å². The van der Waals surface area contributed by atoms with Gasteiger partial charge in [-0.25, -0.2) is 0 Å².